The van der Waals surface area contributed by atoms with E-state index in [9.17, 15) is 4.79 Å². The topological polar surface area (TPSA) is 72.9 Å². The van der Waals surface area contributed by atoms with Gasteiger partial charge in [-0.3, -0.25) is 9.88 Å². The fraction of sp³-hybridized carbons (Fsp3) is 0.214. The van der Waals surface area contributed by atoms with Crippen molar-refractivity contribution < 1.29 is 19.0 Å². The fourth-order valence-electron chi connectivity index (χ4n) is 4.46. The van der Waals surface area contributed by atoms with E-state index in [4.69, 9.17) is 25.8 Å². The number of hydrogen-bond donors (Lipinski definition) is 1. The summed E-state index contributed by atoms with van der Waals surface area (Å²) in [5.41, 5.74) is 4.33. The minimum Gasteiger partial charge on any atom is -0.493 e. The maximum absolute atomic E-state index is 13.1. The van der Waals surface area contributed by atoms with E-state index in [0.29, 0.717) is 34.6 Å². The summed E-state index contributed by atoms with van der Waals surface area (Å²) in [5, 5.41) is 4.46. The Morgan fingerprint density at radius 1 is 1.00 bits per heavy atom. The lowest BCUT2D eigenvalue weighted by Gasteiger charge is -2.30. The molecule has 2 amide bonds. The Morgan fingerprint density at radius 2 is 1.81 bits per heavy atom. The second-order valence-electron chi connectivity index (χ2n) is 8.57. The second-order valence-corrected chi connectivity index (χ2v) is 9.01. The number of hydrogen-bond acceptors (Lipinski definition) is 5. The average Bonchev–Trinajstić information content (AvgIpc) is 2.89. The molecule has 0 bridgehead atoms. The Kier molecular flexibility index (Phi) is 6.57. The predicted octanol–water partition coefficient (Wildman–Crippen LogP) is 6.99. The summed E-state index contributed by atoms with van der Waals surface area (Å²) in [5.74, 6) is 2.55. The molecule has 3 aromatic carbocycles. The fourth-order valence-corrected chi connectivity index (χ4v) is 4.69. The summed E-state index contributed by atoms with van der Waals surface area (Å²) in [6, 6.07) is 16.6. The number of pyridine rings is 1. The molecular weight excluding hydrogens is 478 g/mol. The first-order valence-electron chi connectivity index (χ1n) is 11.6. The third kappa shape index (κ3) is 4.62. The van der Waals surface area contributed by atoms with Gasteiger partial charge in [0.15, 0.2) is 11.5 Å². The van der Waals surface area contributed by atoms with Crippen molar-refractivity contribution in [3.05, 3.63) is 76.9 Å². The zero-order valence-corrected chi connectivity index (χ0v) is 21.1. The summed E-state index contributed by atoms with van der Waals surface area (Å²) < 4.78 is 17.1. The van der Waals surface area contributed by atoms with Gasteiger partial charge in [-0.25, -0.2) is 4.79 Å². The van der Waals surface area contributed by atoms with E-state index in [0.717, 1.165) is 46.2 Å². The van der Waals surface area contributed by atoms with Crippen LogP contribution in [0.3, 0.4) is 0 Å². The highest BCUT2D eigenvalue weighted by molar-refractivity contribution is 6.30. The normalized spacial score (nSPS) is 12.7. The van der Waals surface area contributed by atoms with Crippen LogP contribution in [0.4, 0.5) is 16.2 Å². The van der Waals surface area contributed by atoms with E-state index >= 15 is 0 Å². The van der Waals surface area contributed by atoms with E-state index in [1.807, 2.05) is 55.5 Å². The molecule has 0 spiro atoms. The quantitative estimate of drug-likeness (QED) is 0.317. The number of carbonyl (C=O) groups is 1. The molecule has 1 aliphatic heterocycles. The Bertz CT molecular complexity index is 1460. The first-order chi connectivity index (χ1) is 17.5. The molecule has 0 unspecified atom stereocenters. The van der Waals surface area contributed by atoms with E-state index in [-0.39, 0.29) is 6.03 Å². The van der Waals surface area contributed by atoms with Crippen LogP contribution in [-0.2, 0) is 6.42 Å². The van der Waals surface area contributed by atoms with Gasteiger partial charge in [0.2, 0.25) is 0 Å². The molecule has 4 aromatic rings. The second kappa shape index (κ2) is 9.95. The van der Waals surface area contributed by atoms with Crippen LogP contribution in [0.15, 0.2) is 60.8 Å². The van der Waals surface area contributed by atoms with Gasteiger partial charge in [-0.15, -0.1) is 0 Å². The number of nitrogens with one attached hydrogen (secondary N) is 1. The Morgan fingerprint density at radius 3 is 2.58 bits per heavy atom. The molecule has 0 atom stereocenters. The highest BCUT2D eigenvalue weighted by Gasteiger charge is 2.24. The van der Waals surface area contributed by atoms with E-state index < -0.39 is 0 Å². The van der Waals surface area contributed by atoms with Crippen LogP contribution in [0.25, 0.3) is 10.9 Å². The number of anilines is 2. The van der Waals surface area contributed by atoms with Gasteiger partial charge in [-0.1, -0.05) is 11.6 Å². The lowest BCUT2D eigenvalue weighted by Crippen LogP contribution is -2.38. The standard InChI is InChI=1S/C28H26ClN3O4/c1-17-13-19(29)6-8-22(17)31-28(33)32-12-4-5-18-14-20(7-9-24(18)32)36-25-10-11-30-23-16-27(35-3)26(34-2)15-21(23)25/h6-11,13-16H,4-5,12H2,1-3H3,(H,31,33). The van der Waals surface area contributed by atoms with Crippen molar-refractivity contribution in [2.75, 3.05) is 31.0 Å². The van der Waals surface area contributed by atoms with Crippen LogP contribution in [-0.4, -0.2) is 31.8 Å². The Balaban J connectivity index is 1.41. The average molecular weight is 504 g/mol. The van der Waals surface area contributed by atoms with Crippen molar-refractivity contribution in [1.82, 2.24) is 4.98 Å². The Labute approximate surface area is 214 Å². The van der Waals surface area contributed by atoms with Crippen molar-refractivity contribution in [3.8, 4) is 23.0 Å². The SMILES string of the molecule is COc1cc2nccc(Oc3ccc4c(c3)CCCN4C(=O)Nc3ccc(Cl)cc3C)c2cc1OC. The van der Waals surface area contributed by atoms with Crippen LogP contribution < -0.4 is 24.4 Å². The monoisotopic (exact) mass is 503 g/mol. The van der Waals surface area contributed by atoms with Crippen molar-refractivity contribution in [1.29, 1.82) is 0 Å². The summed E-state index contributed by atoms with van der Waals surface area (Å²) in [7, 11) is 3.19. The molecule has 8 heteroatoms. The van der Waals surface area contributed by atoms with Gasteiger partial charge in [-0.05, 0) is 79.4 Å². The maximum Gasteiger partial charge on any atom is 0.326 e. The number of fused-ring (bicyclic) bond motifs is 2. The maximum atomic E-state index is 13.1. The van der Waals surface area contributed by atoms with Gasteiger partial charge in [0.05, 0.1) is 19.7 Å². The number of aryl methyl sites for hydroxylation is 2. The number of halogens is 1. The summed E-state index contributed by atoms with van der Waals surface area (Å²) in [4.78, 5) is 19.3. The van der Waals surface area contributed by atoms with Gasteiger partial charge in [-0.2, -0.15) is 0 Å². The smallest absolute Gasteiger partial charge is 0.326 e. The van der Waals surface area contributed by atoms with Crippen molar-refractivity contribution in [2.24, 2.45) is 0 Å². The van der Waals surface area contributed by atoms with E-state index in [1.165, 1.54) is 0 Å². The molecule has 0 saturated heterocycles. The van der Waals surface area contributed by atoms with Crippen LogP contribution >= 0.6 is 11.6 Å². The molecule has 1 aromatic heterocycles. The highest BCUT2D eigenvalue weighted by Crippen LogP contribution is 2.38. The van der Waals surface area contributed by atoms with E-state index in [2.05, 4.69) is 10.3 Å². The zero-order chi connectivity index (χ0) is 25.2. The van der Waals surface area contributed by atoms with Gasteiger partial charge in [0.1, 0.15) is 11.5 Å². The molecule has 7 nitrogen and oxygen atoms in total. The number of carbonyl (C=O) groups excluding carboxylic acids is 1. The molecule has 0 aliphatic carbocycles. The number of urea groups is 1. The van der Waals surface area contributed by atoms with Crippen LogP contribution in [0.5, 0.6) is 23.0 Å². The van der Waals surface area contributed by atoms with E-state index in [1.54, 1.807) is 31.4 Å². The number of nitrogens with zero attached hydrogens (tertiary/aromatic N) is 2. The third-order valence-corrected chi connectivity index (χ3v) is 6.51. The number of methoxy groups -OCH3 is 2. The zero-order valence-electron chi connectivity index (χ0n) is 20.3. The summed E-state index contributed by atoms with van der Waals surface area (Å²) in [6.07, 6.45) is 3.42. The first-order valence-corrected chi connectivity index (χ1v) is 12.0. The highest BCUT2D eigenvalue weighted by atomic mass is 35.5. The predicted molar refractivity (Wildman–Crippen MR) is 142 cm³/mol. The molecule has 5 rings (SSSR count). The minimum atomic E-state index is -0.170. The van der Waals surface area contributed by atoms with Crippen molar-refractivity contribution >= 4 is 39.9 Å². The number of ether oxygens (including phenoxy) is 3. The molecular formula is C28H26ClN3O4. The molecule has 1 aliphatic rings. The largest absolute Gasteiger partial charge is 0.493 e. The molecule has 2 heterocycles. The molecule has 0 fully saturated rings. The molecule has 0 saturated carbocycles. The lowest BCUT2D eigenvalue weighted by molar-refractivity contribution is 0.256. The van der Waals surface area contributed by atoms with Gasteiger partial charge >= 0.3 is 6.03 Å². The summed E-state index contributed by atoms with van der Waals surface area (Å²) >= 11 is 6.05. The van der Waals surface area contributed by atoms with Crippen LogP contribution in [0.2, 0.25) is 5.02 Å². The van der Waals surface area contributed by atoms with Gasteiger partial charge in [0.25, 0.3) is 0 Å². The number of aromatic nitrogens is 1. The third-order valence-electron chi connectivity index (χ3n) is 6.28. The molecule has 1 N–H and O–H groups in total. The van der Waals surface area contributed by atoms with Crippen LogP contribution in [0, 0.1) is 6.92 Å². The molecule has 184 valence electrons. The Hall–Kier alpha value is -3.97. The lowest BCUT2D eigenvalue weighted by atomic mass is 10.0. The van der Waals surface area contributed by atoms with Crippen molar-refractivity contribution in [3.63, 3.8) is 0 Å². The van der Waals surface area contributed by atoms with Gasteiger partial charge in [0, 0.05) is 40.6 Å². The van der Waals surface area contributed by atoms with Crippen LogP contribution in [0.1, 0.15) is 17.5 Å². The number of rotatable bonds is 5. The summed E-state index contributed by atoms with van der Waals surface area (Å²) in [6.45, 7) is 2.56. The van der Waals surface area contributed by atoms with Crippen molar-refractivity contribution in [2.45, 2.75) is 19.8 Å². The minimum absolute atomic E-state index is 0.170. The van der Waals surface area contributed by atoms with Gasteiger partial charge < -0.3 is 19.5 Å². The molecule has 0 radical (unpaired) electrons. The first kappa shape index (κ1) is 23.8. The number of benzene rings is 3. The molecule has 36 heavy (non-hydrogen) atoms. The number of amides is 2.